The summed E-state index contributed by atoms with van der Waals surface area (Å²) < 4.78 is 17.5. The lowest BCUT2D eigenvalue weighted by Crippen LogP contribution is -2.41. The Hall–Kier alpha value is -1.92. The van der Waals surface area contributed by atoms with Crippen molar-refractivity contribution in [3.8, 4) is 0 Å². The number of aromatic nitrogens is 1. The van der Waals surface area contributed by atoms with Crippen LogP contribution in [0.25, 0.3) is 0 Å². The van der Waals surface area contributed by atoms with Crippen molar-refractivity contribution in [3.63, 3.8) is 0 Å². The maximum atomic E-state index is 12.3. The normalized spacial score (nSPS) is 15.2. The zero-order chi connectivity index (χ0) is 18.4. The van der Waals surface area contributed by atoms with E-state index in [0.29, 0.717) is 24.6 Å². The molecular weight excluding hydrogens is 325 g/mol. The van der Waals surface area contributed by atoms with Crippen LogP contribution in [0.15, 0.2) is 10.6 Å². The molecule has 2 amide bonds. The lowest BCUT2D eigenvalue weighted by Gasteiger charge is -2.25. The molecule has 1 saturated carbocycles. The van der Waals surface area contributed by atoms with Crippen LogP contribution >= 0.6 is 0 Å². The first-order valence-corrected chi connectivity index (χ1v) is 8.95. The highest BCUT2D eigenvalue weighted by Crippen LogP contribution is 2.40. The number of hydrogen-bond donors (Lipinski definition) is 1. The Morgan fingerprint density at radius 3 is 2.76 bits per heavy atom. The molecule has 1 heterocycles. The molecule has 1 aliphatic carbocycles. The molecule has 6 nitrogen and oxygen atoms in total. The Bertz CT molecular complexity index is 584. The number of nitrogens with one attached hydrogen (secondary N) is 1. The summed E-state index contributed by atoms with van der Waals surface area (Å²) >= 11 is 0. The van der Waals surface area contributed by atoms with Gasteiger partial charge in [-0.25, -0.2) is 0 Å². The van der Waals surface area contributed by atoms with E-state index < -0.39 is 6.67 Å². The third kappa shape index (κ3) is 6.14. The van der Waals surface area contributed by atoms with E-state index in [-0.39, 0.29) is 36.6 Å². The van der Waals surface area contributed by atoms with Crippen LogP contribution in [0, 0.1) is 5.92 Å². The first kappa shape index (κ1) is 19.4. The van der Waals surface area contributed by atoms with Crippen LogP contribution in [-0.2, 0) is 16.0 Å². The lowest BCUT2D eigenvalue weighted by molar-refractivity contribution is -0.129. The molecule has 7 heteroatoms. The van der Waals surface area contributed by atoms with Crippen molar-refractivity contribution in [1.29, 1.82) is 0 Å². The summed E-state index contributed by atoms with van der Waals surface area (Å²) in [5, 5.41) is 6.81. The van der Waals surface area contributed by atoms with Gasteiger partial charge in [0.25, 0.3) is 0 Å². The second-order valence-electron chi connectivity index (χ2n) is 7.13. The number of alkyl halides is 1. The van der Waals surface area contributed by atoms with Gasteiger partial charge in [0, 0.05) is 31.6 Å². The van der Waals surface area contributed by atoms with Crippen molar-refractivity contribution in [2.24, 2.45) is 5.92 Å². The maximum Gasteiger partial charge on any atom is 0.228 e. The largest absolute Gasteiger partial charge is 0.361 e. The fraction of sp³-hybridized carbons (Fsp3) is 0.722. The quantitative estimate of drug-likeness (QED) is 0.701. The van der Waals surface area contributed by atoms with Crippen LogP contribution in [-0.4, -0.2) is 48.2 Å². The number of rotatable bonds is 10. The van der Waals surface area contributed by atoms with E-state index in [9.17, 15) is 14.0 Å². The predicted molar refractivity (Wildman–Crippen MR) is 91.8 cm³/mol. The predicted octanol–water partition coefficient (Wildman–Crippen LogP) is 2.44. The van der Waals surface area contributed by atoms with Crippen molar-refractivity contribution < 1.29 is 18.5 Å². The molecule has 1 N–H and O–H groups in total. The molecule has 1 fully saturated rings. The molecule has 0 spiro atoms. The first-order chi connectivity index (χ1) is 11.9. The number of nitrogens with zero attached hydrogens (tertiary/aromatic N) is 2. The fourth-order valence-corrected chi connectivity index (χ4v) is 2.66. The average molecular weight is 353 g/mol. The van der Waals surface area contributed by atoms with E-state index in [1.54, 1.807) is 11.9 Å². The Labute approximate surface area is 148 Å². The number of amides is 2. The molecule has 1 aromatic rings. The summed E-state index contributed by atoms with van der Waals surface area (Å²) in [5.74, 6) is 1.25. The van der Waals surface area contributed by atoms with E-state index in [1.165, 1.54) is 0 Å². The Morgan fingerprint density at radius 2 is 2.16 bits per heavy atom. The summed E-state index contributed by atoms with van der Waals surface area (Å²) in [6, 6.07) is 1.79. The van der Waals surface area contributed by atoms with E-state index in [2.05, 4.69) is 10.5 Å². The summed E-state index contributed by atoms with van der Waals surface area (Å²) in [7, 11) is 1.74. The standard InChI is InChI=1S/C18H28FN3O3/c1-12(2)15(20-17(23)6-8-19)7-9-22(3)18(24)11-14-10-16(25-21-14)13-4-5-13/h10,12-13,15H,4-9,11H2,1-3H3,(H,20,23). The zero-order valence-electron chi connectivity index (χ0n) is 15.3. The van der Waals surface area contributed by atoms with E-state index in [4.69, 9.17) is 4.52 Å². The molecule has 2 rings (SSSR count). The third-order valence-electron chi connectivity index (χ3n) is 4.56. The van der Waals surface area contributed by atoms with Crippen molar-refractivity contribution in [2.45, 2.75) is 57.9 Å². The second kappa shape index (κ2) is 8.97. The van der Waals surface area contributed by atoms with Gasteiger partial charge in [-0.15, -0.1) is 0 Å². The maximum absolute atomic E-state index is 12.3. The summed E-state index contributed by atoms with van der Waals surface area (Å²) in [5.41, 5.74) is 0.662. The minimum absolute atomic E-state index is 0.0340. The van der Waals surface area contributed by atoms with E-state index in [0.717, 1.165) is 18.6 Å². The van der Waals surface area contributed by atoms with Crippen molar-refractivity contribution in [2.75, 3.05) is 20.3 Å². The molecular formula is C18H28FN3O3. The lowest BCUT2D eigenvalue weighted by atomic mass is 10.0. The molecule has 1 unspecified atom stereocenters. The Morgan fingerprint density at radius 1 is 1.44 bits per heavy atom. The van der Waals surface area contributed by atoms with Gasteiger partial charge in [-0.2, -0.15) is 0 Å². The van der Waals surface area contributed by atoms with Crippen molar-refractivity contribution in [1.82, 2.24) is 15.4 Å². The highest BCUT2D eigenvalue weighted by Gasteiger charge is 2.28. The molecule has 25 heavy (non-hydrogen) atoms. The Kier molecular flexibility index (Phi) is 6.96. The van der Waals surface area contributed by atoms with Crippen LogP contribution in [0.1, 0.15) is 56.9 Å². The van der Waals surface area contributed by atoms with Gasteiger partial charge < -0.3 is 14.7 Å². The second-order valence-corrected chi connectivity index (χ2v) is 7.13. The number of carbonyl (C=O) groups is 2. The number of halogens is 1. The number of likely N-dealkylation sites (N-methyl/N-ethyl adjacent to an activating group) is 1. The molecule has 0 aromatic carbocycles. The smallest absolute Gasteiger partial charge is 0.228 e. The van der Waals surface area contributed by atoms with Gasteiger partial charge in [-0.1, -0.05) is 19.0 Å². The van der Waals surface area contributed by atoms with Crippen LogP contribution in [0.5, 0.6) is 0 Å². The monoisotopic (exact) mass is 353 g/mol. The van der Waals surface area contributed by atoms with Gasteiger partial charge in [0.15, 0.2) is 0 Å². The van der Waals surface area contributed by atoms with Gasteiger partial charge >= 0.3 is 0 Å². The van der Waals surface area contributed by atoms with Gasteiger partial charge in [0.05, 0.1) is 25.2 Å². The highest BCUT2D eigenvalue weighted by molar-refractivity contribution is 5.78. The molecule has 0 aliphatic heterocycles. The topological polar surface area (TPSA) is 75.4 Å². The van der Waals surface area contributed by atoms with Crippen molar-refractivity contribution in [3.05, 3.63) is 17.5 Å². The third-order valence-corrected chi connectivity index (χ3v) is 4.56. The SMILES string of the molecule is CC(C)C(CCN(C)C(=O)Cc1cc(C2CC2)on1)NC(=O)CCF. The molecule has 0 saturated heterocycles. The number of hydrogen-bond acceptors (Lipinski definition) is 4. The molecule has 140 valence electrons. The van der Waals surface area contributed by atoms with Crippen LogP contribution in [0.4, 0.5) is 4.39 Å². The highest BCUT2D eigenvalue weighted by atomic mass is 19.1. The van der Waals surface area contributed by atoms with Gasteiger partial charge in [0.2, 0.25) is 11.8 Å². The summed E-state index contributed by atoms with van der Waals surface area (Å²) in [6.45, 7) is 3.86. The van der Waals surface area contributed by atoms with Crippen molar-refractivity contribution >= 4 is 11.8 Å². The summed E-state index contributed by atoms with van der Waals surface area (Å²) in [4.78, 5) is 25.6. The van der Waals surface area contributed by atoms with Crippen LogP contribution in [0.2, 0.25) is 0 Å². The molecule has 0 bridgehead atoms. The average Bonchev–Trinajstić information content (AvgIpc) is 3.31. The zero-order valence-corrected chi connectivity index (χ0v) is 15.3. The van der Waals surface area contributed by atoms with Crippen LogP contribution in [0.3, 0.4) is 0 Å². The van der Waals surface area contributed by atoms with Crippen LogP contribution < -0.4 is 5.32 Å². The summed E-state index contributed by atoms with van der Waals surface area (Å²) in [6.07, 6.45) is 2.99. The first-order valence-electron chi connectivity index (χ1n) is 8.95. The molecule has 1 aliphatic rings. The van der Waals surface area contributed by atoms with Gasteiger partial charge in [-0.05, 0) is 25.2 Å². The minimum Gasteiger partial charge on any atom is -0.361 e. The molecule has 1 atom stereocenters. The van der Waals surface area contributed by atoms with E-state index in [1.807, 2.05) is 19.9 Å². The fourth-order valence-electron chi connectivity index (χ4n) is 2.66. The van der Waals surface area contributed by atoms with Gasteiger partial charge in [-0.3, -0.25) is 14.0 Å². The van der Waals surface area contributed by atoms with Gasteiger partial charge in [0.1, 0.15) is 5.76 Å². The minimum atomic E-state index is -0.657. The molecule has 0 radical (unpaired) electrons. The molecule has 1 aromatic heterocycles. The van der Waals surface area contributed by atoms with E-state index >= 15 is 0 Å². The number of carbonyl (C=O) groups excluding carboxylic acids is 2. The Balaban J connectivity index is 1.78.